The highest BCUT2D eigenvalue weighted by molar-refractivity contribution is 6.09. The normalized spacial score (nSPS) is 16.2. The summed E-state index contributed by atoms with van der Waals surface area (Å²) in [7, 11) is 0. The number of aliphatic hydroxyl groups is 1. The van der Waals surface area contributed by atoms with E-state index in [1.807, 2.05) is 72.8 Å². The van der Waals surface area contributed by atoms with Gasteiger partial charge in [-0.3, -0.25) is 14.6 Å². The minimum absolute atomic E-state index is 0.177. The van der Waals surface area contributed by atoms with Crippen LogP contribution >= 0.6 is 0 Å². The first-order valence-electron chi connectivity index (χ1n) is 9.90. The number of amides is 1. The smallest absolute Gasteiger partial charge is 0.290 e. The number of hydrogen-bond donors (Lipinski definition) is 1. The zero-order valence-electron chi connectivity index (χ0n) is 16.4. The second-order valence-electron chi connectivity index (χ2n) is 7.27. The first-order valence-corrected chi connectivity index (χ1v) is 9.90. The van der Waals surface area contributed by atoms with Crippen molar-refractivity contribution in [3.8, 4) is 0 Å². The quantitative estimate of drug-likeness (QED) is 0.648. The van der Waals surface area contributed by atoms with Crippen LogP contribution in [0.25, 0.3) is 0 Å². The third-order valence-corrected chi connectivity index (χ3v) is 5.31. The van der Waals surface area contributed by atoms with E-state index in [0.717, 1.165) is 16.7 Å². The van der Waals surface area contributed by atoms with Gasteiger partial charge in [-0.1, -0.05) is 60.7 Å². The molecule has 1 aromatic heterocycles. The van der Waals surface area contributed by atoms with E-state index in [1.165, 1.54) is 0 Å². The zero-order chi connectivity index (χ0) is 20.9. The van der Waals surface area contributed by atoms with Crippen LogP contribution in [-0.4, -0.2) is 26.7 Å². The molecule has 3 aromatic rings. The van der Waals surface area contributed by atoms with Gasteiger partial charge in [-0.15, -0.1) is 0 Å². The lowest BCUT2D eigenvalue weighted by molar-refractivity contribution is -0.130. The van der Waals surface area contributed by atoms with E-state index in [4.69, 9.17) is 0 Å². The molecule has 0 aliphatic carbocycles. The van der Waals surface area contributed by atoms with Crippen LogP contribution in [0.2, 0.25) is 0 Å². The summed E-state index contributed by atoms with van der Waals surface area (Å²) in [5.41, 5.74) is 2.90. The van der Waals surface area contributed by atoms with Gasteiger partial charge in [0.05, 0.1) is 11.6 Å². The van der Waals surface area contributed by atoms with Crippen LogP contribution in [0.3, 0.4) is 0 Å². The Morgan fingerprint density at radius 1 is 0.900 bits per heavy atom. The van der Waals surface area contributed by atoms with Gasteiger partial charge in [0.2, 0.25) is 0 Å². The minimum atomic E-state index is -0.616. The Labute approximate surface area is 175 Å². The zero-order valence-corrected chi connectivity index (χ0v) is 16.4. The summed E-state index contributed by atoms with van der Waals surface area (Å²) in [6.07, 6.45) is 4.10. The van der Waals surface area contributed by atoms with Crippen LogP contribution in [0.5, 0.6) is 0 Å². The third-order valence-electron chi connectivity index (χ3n) is 5.31. The summed E-state index contributed by atoms with van der Waals surface area (Å²) in [5, 5.41) is 10.7. The third kappa shape index (κ3) is 4.01. The molecule has 1 atom stereocenters. The molecule has 4 rings (SSSR count). The van der Waals surface area contributed by atoms with Crippen LogP contribution in [0.4, 0.5) is 0 Å². The van der Waals surface area contributed by atoms with Crippen LogP contribution in [-0.2, 0) is 22.6 Å². The predicted octanol–water partition coefficient (Wildman–Crippen LogP) is 4.18. The molecule has 5 nitrogen and oxygen atoms in total. The van der Waals surface area contributed by atoms with Crippen molar-refractivity contribution < 1.29 is 14.7 Å². The Balaban J connectivity index is 1.64. The maximum Gasteiger partial charge on any atom is 0.290 e. The molecule has 0 fully saturated rings. The lowest BCUT2D eigenvalue weighted by Crippen LogP contribution is -2.30. The summed E-state index contributed by atoms with van der Waals surface area (Å²) in [6, 6.07) is 22.1. The average Bonchev–Trinajstić information content (AvgIpc) is 3.04. The SMILES string of the molecule is O=C(CCc1ccccc1)C1=C(O)C(=O)N(Cc2ccncc2)C1c1ccccc1. The highest BCUT2D eigenvalue weighted by Gasteiger charge is 2.43. The van der Waals surface area contributed by atoms with Crippen LogP contribution in [0, 0.1) is 0 Å². The Morgan fingerprint density at radius 2 is 1.53 bits per heavy atom. The highest BCUT2D eigenvalue weighted by Crippen LogP contribution is 2.39. The molecule has 2 heterocycles. The molecule has 0 saturated heterocycles. The molecule has 0 bridgehead atoms. The number of benzene rings is 2. The molecule has 1 aliphatic heterocycles. The second-order valence-corrected chi connectivity index (χ2v) is 7.27. The van der Waals surface area contributed by atoms with E-state index in [1.54, 1.807) is 17.3 Å². The number of carbonyl (C=O) groups is 2. The van der Waals surface area contributed by atoms with E-state index in [0.29, 0.717) is 6.42 Å². The van der Waals surface area contributed by atoms with Gasteiger partial charge in [0.15, 0.2) is 11.5 Å². The fraction of sp³-hybridized carbons (Fsp3) is 0.160. The van der Waals surface area contributed by atoms with E-state index in [-0.39, 0.29) is 24.3 Å². The van der Waals surface area contributed by atoms with Crippen molar-refractivity contribution in [1.29, 1.82) is 0 Å². The van der Waals surface area contributed by atoms with Crippen molar-refractivity contribution in [2.24, 2.45) is 0 Å². The van der Waals surface area contributed by atoms with Crippen molar-refractivity contribution in [3.63, 3.8) is 0 Å². The number of rotatable bonds is 7. The van der Waals surface area contributed by atoms with E-state index >= 15 is 0 Å². The monoisotopic (exact) mass is 398 g/mol. The Morgan fingerprint density at radius 3 is 2.20 bits per heavy atom. The van der Waals surface area contributed by atoms with Crippen LogP contribution in [0.15, 0.2) is 96.5 Å². The van der Waals surface area contributed by atoms with Gasteiger partial charge in [0, 0.05) is 25.4 Å². The highest BCUT2D eigenvalue weighted by atomic mass is 16.3. The first kappa shape index (κ1) is 19.6. The standard InChI is InChI=1S/C25H22N2O3/c28-21(12-11-18-7-3-1-4-8-18)22-23(20-9-5-2-6-10-20)27(25(30)24(22)29)17-19-13-15-26-16-14-19/h1-10,13-16,23,29H,11-12,17H2. The first-order chi connectivity index (χ1) is 14.6. The largest absolute Gasteiger partial charge is 0.503 e. The Bertz CT molecular complexity index is 1060. The van der Waals surface area contributed by atoms with Crippen molar-refractivity contribution in [2.75, 3.05) is 0 Å². The topological polar surface area (TPSA) is 70.5 Å². The number of nitrogens with zero attached hydrogens (tertiary/aromatic N) is 2. The number of hydrogen-bond acceptors (Lipinski definition) is 4. The van der Waals surface area contributed by atoms with Crippen LogP contribution < -0.4 is 0 Å². The molecule has 5 heteroatoms. The summed E-state index contributed by atoms with van der Waals surface area (Å²) < 4.78 is 0. The minimum Gasteiger partial charge on any atom is -0.503 e. The molecule has 0 spiro atoms. The molecular formula is C25H22N2O3. The fourth-order valence-corrected chi connectivity index (χ4v) is 3.81. The van der Waals surface area contributed by atoms with Gasteiger partial charge < -0.3 is 10.0 Å². The number of aliphatic hydroxyl groups excluding tert-OH is 1. The van der Waals surface area contributed by atoms with Crippen LogP contribution in [0.1, 0.15) is 29.2 Å². The average molecular weight is 398 g/mol. The fourth-order valence-electron chi connectivity index (χ4n) is 3.81. The molecule has 150 valence electrons. The molecule has 1 N–H and O–H groups in total. The van der Waals surface area contributed by atoms with E-state index < -0.39 is 17.7 Å². The molecule has 0 saturated carbocycles. The molecule has 1 amide bonds. The van der Waals surface area contributed by atoms with Gasteiger partial charge in [-0.05, 0) is 35.2 Å². The van der Waals surface area contributed by atoms with Crippen molar-refractivity contribution >= 4 is 11.7 Å². The van der Waals surface area contributed by atoms with Gasteiger partial charge in [-0.2, -0.15) is 0 Å². The second kappa shape index (κ2) is 8.74. The van der Waals surface area contributed by atoms with Gasteiger partial charge in [0.1, 0.15) is 0 Å². The molecule has 2 aromatic carbocycles. The maximum atomic E-state index is 13.1. The molecule has 1 aliphatic rings. The predicted molar refractivity (Wildman–Crippen MR) is 113 cm³/mol. The number of aromatic nitrogens is 1. The number of aryl methyl sites for hydroxylation is 1. The number of carbonyl (C=O) groups excluding carboxylic acids is 2. The molecular weight excluding hydrogens is 376 g/mol. The Hall–Kier alpha value is -3.73. The summed E-state index contributed by atoms with van der Waals surface area (Å²) in [5.74, 6) is -1.18. The van der Waals surface area contributed by atoms with Gasteiger partial charge in [-0.25, -0.2) is 0 Å². The molecule has 0 radical (unpaired) electrons. The summed E-state index contributed by atoms with van der Waals surface area (Å²) in [4.78, 5) is 31.6. The lowest BCUT2D eigenvalue weighted by atomic mass is 9.93. The van der Waals surface area contributed by atoms with Crippen molar-refractivity contribution in [3.05, 3.63) is 113 Å². The maximum absolute atomic E-state index is 13.1. The molecule has 1 unspecified atom stereocenters. The lowest BCUT2D eigenvalue weighted by Gasteiger charge is -2.27. The number of ketones is 1. The van der Waals surface area contributed by atoms with E-state index in [2.05, 4.69) is 4.98 Å². The van der Waals surface area contributed by atoms with E-state index in [9.17, 15) is 14.7 Å². The number of pyridine rings is 1. The summed E-state index contributed by atoms with van der Waals surface area (Å²) >= 11 is 0. The van der Waals surface area contributed by atoms with Gasteiger partial charge in [0.25, 0.3) is 5.91 Å². The molecule has 30 heavy (non-hydrogen) atoms. The Kier molecular flexibility index (Phi) is 5.70. The van der Waals surface area contributed by atoms with Crippen molar-refractivity contribution in [1.82, 2.24) is 9.88 Å². The van der Waals surface area contributed by atoms with Gasteiger partial charge >= 0.3 is 0 Å². The number of Topliss-reactive ketones (excluding diaryl/α,β-unsaturated/α-hetero) is 1. The summed E-state index contributed by atoms with van der Waals surface area (Å²) in [6.45, 7) is 0.278. The van der Waals surface area contributed by atoms with Crippen molar-refractivity contribution in [2.45, 2.75) is 25.4 Å².